The van der Waals surface area contributed by atoms with Gasteiger partial charge >= 0.3 is 0 Å². The summed E-state index contributed by atoms with van der Waals surface area (Å²) in [6.07, 6.45) is 0. The number of hydrogen-bond acceptors (Lipinski definition) is 7. The fourth-order valence-electron chi connectivity index (χ4n) is 4.10. The number of benzene rings is 2. The second-order valence-electron chi connectivity index (χ2n) is 8.70. The van der Waals surface area contributed by atoms with Crippen molar-refractivity contribution in [2.24, 2.45) is 0 Å². The molecule has 190 valence electrons. The SMILES string of the molecule is COCCNC(=O)c1ccc(CSc2nc(C)c(C)c(N3CCN(c4ccccc4F)CC3)n2)cc1. The van der Waals surface area contributed by atoms with E-state index in [0.717, 1.165) is 54.0 Å². The molecule has 0 spiro atoms. The Bertz CT molecular complexity index is 1180. The summed E-state index contributed by atoms with van der Waals surface area (Å²) in [5.41, 5.74) is 4.40. The number of ether oxygens (including phenoxy) is 1. The van der Waals surface area contributed by atoms with Crippen LogP contribution in [0.25, 0.3) is 0 Å². The number of piperazine rings is 1. The molecule has 4 rings (SSSR count). The van der Waals surface area contributed by atoms with Gasteiger partial charge in [0.05, 0.1) is 12.3 Å². The van der Waals surface area contributed by atoms with Gasteiger partial charge < -0.3 is 19.9 Å². The minimum atomic E-state index is -0.182. The topological polar surface area (TPSA) is 70.6 Å². The smallest absolute Gasteiger partial charge is 0.251 e. The van der Waals surface area contributed by atoms with Gasteiger partial charge in [-0.3, -0.25) is 4.79 Å². The monoisotopic (exact) mass is 509 g/mol. The third-order valence-corrected chi connectivity index (χ3v) is 7.21. The van der Waals surface area contributed by atoms with Crippen molar-refractivity contribution in [2.75, 3.05) is 56.2 Å². The van der Waals surface area contributed by atoms with Crippen LogP contribution >= 0.6 is 11.8 Å². The van der Waals surface area contributed by atoms with E-state index in [1.54, 1.807) is 24.9 Å². The Morgan fingerprint density at radius 2 is 1.72 bits per heavy atom. The standard InChI is InChI=1S/C27H32FN5O2S/c1-19-20(2)30-27(36-18-21-8-10-22(11-9-21)26(34)29-12-17-35-3)31-25(19)33-15-13-32(14-16-33)24-7-5-4-6-23(24)28/h4-11H,12-18H2,1-3H3,(H,29,34). The Morgan fingerprint density at radius 1 is 1.03 bits per heavy atom. The number of aryl methyl sites for hydroxylation is 1. The van der Waals surface area contributed by atoms with E-state index in [1.807, 2.05) is 43.3 Å². The maximum Gasteiger partial charge on any atom is 0.251 e. The zero-order chi connectivity index (χ0) is 25.5. The molecule has 0 saturated carbocycles. The highest BCUT2D eigenvalue weighted by Gasteiger charge is 2.23. The first-order valence-electron chi connectivity index (χ1n) is 12.0. The Labute approximate surface area is 216 Å². The molecule has 0 radical (unpaired) electrons. The summed E-state index contributed by atoms with van der Waals surface area (Å²) in [5.74, 6) is 1.36. The molecule has 1 aliphatic rings. The molecule has 2 aromatic carbocycles. The maximum absolute atomic E-state index is 14.2. The third kappa shape index (κ3) is 6.33. The van der Waals surface area contributed by atoms with Gasteiger partial charge in [-0.25, -0.2) is 14.4 Å². The van der Waals surface area contributed by atoms with Gasteiger partial charge in [-0.2, -0.15) is 0 Å². The molecule has 0 atom stereocenters. The minimum absolute atomic E-state index is 0.108. The number of halogens is 1. The summed E-state index contributed by atoms with van der Waals surface area (Å²) >= 11 is 1.58. The van der Waals surface area contributed by atoms with E-state index < -0.39 is 0 Å². The quantitative estimate of drug-likeness (QED) is 0.263. The van der Waals surface area contributed by atoms with Crippen LogP contribution in [0.15, 0.2) is 53.7 Å². The number of anilines is 2. The molecule has 1 N–H and O–H groups in total. The summed E-state index contributed by atoms with van der Waals surface area (Å²) in [6, 6.07) is 14.5. The molecule has 3 aromatic rings. The van der Waals surface area contributed by atoms with E-state index in [-0.39, 0.29) is 11.7 Å². The van der Waals surface area contributed by atoms with Gasteiger partial charge in [-0.05, 0) is 43.7 Å². The minimum Gasteiger partial charge on any atom is -0.383 e. The highest BCUT2D eigenvalue weighted by molar-refractivity contribution is 7.98. The molecule has 2 heterocycles. The van der Waals surface area contributed by atoms with Crippen molar-refractivity contribution < 1.29 is 13.9 Å². The molecule has 0 bridgehead atoms. The van der Waals surface area contributed by atoms with Crippen molar-refractivity contribution in [3.8, 4) is 0 Å². The number of rotatable bonds is 9. The number of methoxy groups -OCH3 is 1. The number of aromatic nitrogens is 2. The maximum atomic E-state index is 14.2. The second-order valence-corrected chi connectivity index (χ2v) is 9.64. The molecular formula is C27H32FN5O2S. The molecule has 1 aliphatic heterocycles. The van der Waals surface area contributed by atoms with E-state index in [0.29, 0.717) is 30.2 Å². The Kier molecular flexibility index (Phi) is 8.77. The summed E-state index contributed by atoms with van der Waals surface area (Å²) in [7, 11) is 1.61. The van der Waals surface area contributed by atoms with Crippen LogP contribution < -0.4 is 15.1 Å². The van der Waals surface area contributed by atoms with Crippen LogP contribution in [0.3, 0.4) is 0 Å². The first-order valence-corrected chi connectivity index (χ1v) is 13.0. The third-order valence-electron chi connectivity index (χ3n) is 6.29. The average Bonchev–Trinajstić information content (AvgIpc) is 2.90. The molecule has 0 aliphatic carbocycles. The van der Waals surface area contributed by atoms with Gasteiger partial charge in [0.2, 0.25) is 0 Å². The number of nitrogens with one attached hydrogen (secondary N) is 1. The molecular weight excluding hydrogens is 477 g/mol. The molecule has 7 nitrogen and oxygen atoms in total. The highest BCUT2D eigenvalue weighted by atomic mass is 32.2. The molecule has 1 fully saturated rings. The first-order chi connectivity index (χ1) is 17.5. The van der Waals surface area contributed by atoms with Crippen LogP contribution in [0.5, 0.6) is 0 Å². The predicted molar refractivity (Wildman–Crippen MR) is 143 cm³/mol. The molecule has 9 heteroatoms. The Morgan fingerprint density at radius 3 is 2.42 bits per heavy atom. The largest absolute Gasteiger partial charge is 0.383 e. The van der Waals surface area contributed by atoms with Crippen molar-refractivity contribution in [3.05, 3.63) is 76.7 Å². The molecule has 1 saturated heterocycles. The van der Waals surface area contributed by atoms with E-state index in [1.165, 1.54) is 6.07 Å². The second kappa shape index (κ2) is 12.2. The van der Waals surface area contributed by atoms with Crippen LogP contribution in [-0.2, 0) is 10.5 Å². The summed E-state index contributed by atoms with van der Waals surface area (Å²) in [5, 5.41) is 3.55. The number of nitrogens with zero attached hydrogens (tertiary/aromatic N) is 4. The molecule has 36 heavy (non-hydrogen) atoms. The number of thioether (sulfide) groups is 1. The van der Waals surface area contributed by atoms with Crippen LogP contribution in [0.4, 0.5) is 15.9 Å². The van der Waals surface area contributed by atoms with Crippen LogP contribution in [-0.4, -0.2) is 62.3 Å². The van der Waals surface area contributed by atoms with Crippen LogP contribution in [0.2, 0.25) is 0 Å². The normalized spacial score (nSPS) is 13.7. The lowest BCUT2D eigenvalue weighted by Gasteiger charge is -2.37. The number of para-hydroxylation sites is 1. The number of carbonyl (C=O) groups excluding carboxylic acids is 1. The summed E-state index contributed by atoms with van der Waals surface area (Å²) in [4.78, 5) is 26.1. The Balaban J connectivity index is 1.37. The van der Waals surface area contributed by atoms with Crippen LogP contribution in [0.1, 0.15) is 27.2 Å². The first kappa shape index (κ1) is 25.9. The fourth-order valence-corrected chi connectivity index (χ4v) is 4.94. The van der Waals surface area contributed by atoms with Gasteiger partial charge in [-0.1, -0.05) is 36.0 Å². The van der Waals surface area contributed by atoms with Gasteiger partial charge in [0, 0.05) is 62.4 Å². The lowest BCUT2D eigenvalue weighted by molar-refractivity contribution is 0.0937. The Hall–Kier alpha value is -3.17. The lowest BCUT2D eigenvalue weighted by Crippen LogP contribution is -2.47. The average molecular weight is 510 g/mol. The number of hydrogen-bond donors (Lipinski definition) is 1. The van der Waals surface area contributed by atoms with Crippen molar-refractivity contribution in [1.29, 1.82) is 0 Å². The van der Waals surface area contributed by atoms with Crippen molar-refractivity contribution >= 4 is 29.2 Å². The summed E-state index contributed by atoms with van der Waals surface area (Å²) < 4.78 is 19.2. The predicted octanol–water partition coefficient (Wildman–Crippen LogP) is 4.23. The van der Waals surface area contributed by atoms with Gasteiger partial charge in [0.15, 0.2) is 5.16 Å². The lowest BCUT2D eigenvalue weighted by atomic mass is 10.1. The zero-order valence-corrected chi connectivity index (χ0v) is 21.8. The van der Waals surface area contributed by atoms with Gasteiger partial charge in [0.1, 0.15) is 11.6 Å². The van der Waals surface area contributed by atoms with E-state index in [2.05, 4.69) is 22.0 Å². The fraction of sp³-hybridized carbons (Fsp3) is 0.370. The number of carbonyl (C=O) groups is 1. The molecule has 1 aromatic heterocycles. The van der Waals surface area contributed by atoms with Crippen molar-refractivity contribution in [2.45, 2.75) is 24.8 Å². The zero-order valence-electron chi connectivity index (χ0n) is 21.0. The van der Waals surface area contributed by atoms with Crippen LogP contribution in [0, 0.1) is 19.7 Å². The van der Waals surface area contributed by atoms with Gasteiger partial charge in [0.25, 0.3) is 5.91 Å². The number of amides is 1. The highest BCUT2D eigenvalue weighted by Crippen LogP contribution is 2.28. The van der Waals surface area contributed by atoms with E-state index >= 15 is 0 Å². The van der Waals surface area contributed by atoms with Crippen molar-refractivity contribution in [3.63, 3.8) is 0 Å². The summed E-state index contributed by atoms with van der Waals surface area (Å²) in [6.45, 7) is 8.04. The molecule has 1 amide bonds. The van der Waals surface area contributed by atoms with E-state index in [9.17, 15) is 9.18 Å². The van der Waals surface area contributed by atoms with Gasteiger partial charge in [-0.15, -0.1) is 0 Å². The molecule has 0 unspecified atom stereocenters. The van der Waals surface area contributed by atoms with Crippen molar-refractivity contribution in [1.82, 2.24) is 15.3 Å². The van der Waals surface area contributed by atoms with E-state index in [4.69, 9.17) is 14.7 Å².